The molecule has 0 atom stereocenters. The number of ether oxygens (including phenoxy) is 1. The van der Waals surface area contributed by atoms with Crippen LogP contribution in [0.15, 0.2) is 58.9 Å². The average molecular weight is 377 g/mol. The van der Waals surface area contributed by atoms with E-state index in [1.807, 2.05) is 36.2 Å². The normalized spacial score (nSPS) is 14.8. The van der Waals surface area contributed by atoms with Gasteiger partial charge in [0.05, 0.1) is 20.2 Å². The van der Waals surface area contributed by atoms with Crippen molar-refractivity contribution in [1.82, 2.24) is 9.99 Å². The maximum absolute atomic E-state index is 12.2. The lowest BCUT2D eigenvalue weighted by molar-refractivity contribution is 0.0596. The molecule has 0 bridgehead atoms. The van der Waals surface area contributed by atoms with Crippen LogP contribution in [0, 0.1) is 6.92 Å². The monoisotopic (exact) mass is 377 g/mol. The van der Waals surface area contributed by atoms with Gasteiger partial charge in [-0.2, -0.15) is 0 Å². The van der Waals surface area contributed by atoms with Crippen molar-refractivity contribution in [3.8, 4) is 0 Å². The molecule has 0 aliphatic carbocycles. The van der Waals surface area contributed by atoms with Crippen molar-refractivity contribution in [2.75, 3.05) is 38.2 Å². The van der Waals surface area contributed by atoms with Crippen LogP contribution in [0.1, 0.15) is 16.1 Å². The molecule has 0 saturated carbocycles. The number of carbonyl (C=O) groups is 1. The second kappa shape index (κ2) is 7.72. The first kappa shape index (κ1) is 18.0. The third kappa shape index (κ3) is 3.55. The number of nitrogens with zero attached hydrogens (tertiary/aromatic N) is 4. The highest BCUT2D eigenvalue weighted by Gasteiger charge is 2.20. The van der Waals surface area contributed by atoms with Gasteiger partial charge in [0, 0.05) is 29.7 Å². The van der Waals surface area contributed by atoms with Gasteiger partial charge in [0.25, 0.3) is 0 Å². The average Bonchev–Trinajstić information content (AvgIpc) is 3.10. The summed E-state index contributed by atoms with van der Waals surface area (Å²) < 4.78 is 4.90. The number of aromatic amines is 1. The fourth-order valence-electron chi connectivity index (χ4n) is 3.44. The number of fused-ring (bicyclic) bond motifs is 1. The van der Waals surface area contributed by atoms with E-state index in [2.05, 4.69) is 44.5 Å². The molecule has 7 nitrogen and oxygen atoms in total. The predicted molar refractivity (Wildman–Crippen MR) is 109 cm³/mol. The van der Waals surface area contributed by atoms with Gasteiger partial charge in [-0.05, 0) is 31.2 Å². The van der Waals surface area contributed by atoms with Crippen molar-refractivity contribution in [2.45, 2.75) is 6.92 Å². The molecule has 1 fully saturated rings. The molecule has 1 N–H and O–H groups in total. The number of nitrogens with one attached hydrogen (secondary N) is 1. The highest BCUT2D eigenvalue weighted by Crippen LogP contribution is 2.32. The zero-order valence-electron chi connectivity index (χ0n) is 16.1. The highest BCUT2D eigenvalue weighted by atomic mass is 16.5. The summed E-state index contributed by atoms with van der Waals surface area (Å²) in [4.78, 5) is 17.6. The number of hydrogen-bond donors (Lipinski definition) is 1. The smallest absolute Gasteiger partial charge is 0.356 e. The van der Waals surface area contributed by atoms with Crippen LogP contribution in [-0.2, 0) is 4.74 Å². The van der Waals surface area contributed by atoms with Crippen molar-refractivity contribution in [3.63, 3.8) is 0 Å². The van der Waals surface area contributed by atoms with Gasteiger partial charge in [-0.1, -0.05) is 35.1 Å². The molecular weight excluding hydrogens is 354 g/mol. The van der Waals surface area contributed by atoms with E-state index in [0.29, 0.717) is 11.4 Å². The van der Waals surface area contributed by atoms with Crippen LogP contribution in [-0.4, -0.2) is 49.3 Å². The second-order valence-electron chi connectivity index (χ2n) is 6.85. The highest BCUT2D eigenvalue weighted by molar-refractivity contribution is 6.05. The number of aromatic nitrogens is 1. The van der Waals surface area contributed by atoms with E-state index in [0.717, 1.165) is 42.6 Å². The molecule has 0 spiro atoms. The largest absolute Gasteiger partial charge is 0.464 e. The number of benzene rings is 2. The Labute approximate surface area is 163 Å². The van der Waals surface area contributed by atoms with E-state index < -0.39 is 5.97 Å². The lowest BCUT2D eigenvalue weighted by atomic mass is 10.1. The Morgan fingerprint density at radius 2 is 1.82 bits per heavy atom. The Morgan fingerprint density at radius 1 is 1.07 bits per heavy atom. The van der Waals surface area contributed by atoms with Gasteiger partial charge < -0.3 is 14.6 Å². The van der Waals surface area contributed by atoms with Crippen LogP contribution < -0.4 is 4.90 Å². The van der Waals surface area contributed by atoms with Gasteiger partial charge in [0.2, 0.25) is 0 Å². The topological polar surface area (TPSA) is 73.3 Å². The fraction of sp³-hybridized carbons (Fsp3) is 0.286. The van der Waals surface area contributed by atoms with Crippen LogP contribution in [0.2, 0.25) is 0 Å². The third-order valence-electron chi connectivity index (χ3n) is 4.96. The molecule has 7 heteroatoms. The van der Waals surface area contributed by atoms with Gasteiger partial charge in [-0.25, -0.2) is 4.79 Å². The summed E-state index contributed by atoms with van der Waals surface area (Å²) in [7, 11) is 1.36. The molecule has 2 aromatic carbocycles. The van der Waals surface area contributed by atoms with E-state index in [4.69, 9.17) is 4.74 Å². The molecule has 3 aromatic rings. The van der Waals surface area contributed by atoms with Gasteiger partial charge >= 0.3 is 5.97 Å². The van der Waals surface area contributed by atoms with Crippen molar-refractivity contribution < 1.29 is 9.53 Å². The Hall–Kier alpha value is -3.35. The second-order valence-corrected chi connectivity index (χ2v) is 6.85. The minimum atomic E-state index is -0.448. The van der Waals surface area contributed by atoms with E-state index in [1.165, 1.54) is 12.8 Å². The van der Waals surface area contributed by atoms with Crippen LogP contribution in [0.5, 0.6) is 0 Å². The molecule has 2 heterocycles. The Bertz CT molecular complexity index is 1000. The number of aryl methyl sites for hydroxylation is 1. The van der Waals surface area contributed by atoms with E-state index in [-0.39, 0.29) is 0 Å². The Balaban J connectivity index is 1.54. The molecule has 144 valence electrons. The molecule has 1 aliphatic heterocycles. The van der Waals surface area contributed by atoms with Crippen molar-refractivity contribution in [2.24, 2.45) is 10.3 Å². The minimum absolute atomic E-state index is 0.328. The standard InChI is InChI=1S/C21H23N5O2/c1-15-8-9-18-17(14-15)19(20(22-18)21(27)28-2)23-24-26-12-10-25(11-13-26)16-6-4-3-5-7-16/h3-9,14,22H,10-13H2,1-2H3. The van der Waals surface area contributed by atoms with Crippen molar-refractivity contribution in [3.05, 3.63) is 59.8 Å². The van der Waals surface area contributed by atoms with E-state index in [9.17, 15) is 4.79 Å². The molecule has 1 aromatic heterocycles. The fourth-order valence-corrected chi connectivity index (χ4v) is 3.44. The number of esters is 1. The summed E-state index contributed by atoms with van der Waals surface area (Å²) in [6.45, 7) is 5.30. The molecule has 4 rings (SSSR count). The number of methoxy groups -OCH3 is 1. The maximum atomic E-state index is 12.2. The van der Waals surface area contributed by atoms with Crippen molar-refractivity contribution >= 4 is 28.2 Å². The van der Waals surface area contributed by atoms with Gasteiger partial charge in [-0.3, -0.25) is 5.01 Å². The van der Waals surface area contributed by atoms with Crippen LogP contribution in [0.4, 0.5) is 11.4 Å². The first-order valence-electron chi connectivity index (χ1n) is 9.33. The molecule has 1 saturated heterocycles. The first-order valence-corrected chi connectivity index (χ1v) is 9.33. The van der Waals surface area contributed by atoms with Gasteiger partial charge in [0.15, 0.2) is 5.69 Å². The summed E-state index contributed by atoms with van der Waals surface area (Å²) in [5.74, 6) is -0.448. The number of para-hydroxylation sites is 1. The molecule has 0 amide bonds. The van der Waals surface area contributed by atoms with Gasteiger partial charge in [-0.15, -0.1) is 5.11 Å². The molecule has 0 radical (unpaired) electrons. The predicted octanol–water partition coefficient (Wildman–Crippen LogP) is 4.08. The molecule has 28 heavy (non-hydrogen) atoms. The number of piperazine rings is 1. The third-order valence-corrected chi connectivity index (χ3v) is 4.96. The van der Waals surface area contributed by atoms with Crippen molar-refractivity contribution in [1.29, 1.82) is 0 Å². The number of hydrogen-bond acceptors (Lipinski definition) is 5. The quantitative estimate of drug-likeness (QED) is 0.549. The van der Waals surface area contributed by atoms with Crippen LogP contribution >= 0.6 is 0 Å². The summed E-state index contributed by atoms with van der Waals surface area (Å²) in [6, 6.07) is 16.3. The Kier molecular flexibility index (Phi) is 4.97. The molecule has 1 aliphatic rings. The molecular formula is C21H23N5O2. The zero-order valence-corrected chi connectivity index (χ0v) is 16.1. The lowest BCUT2D eigenvalue weighted by Crippen LogP contribution is -2.43. The number of anilines is 1. The summed E-state index contributed by atoms with van der Waals surface area (Å²) in [6.07, 6.45) is 0. The zero-order chi connectivity index (χ0) is 19.5. The summed E-state index contributed by atoms with van der Waals surface area (Å²) in [5, 5.41) is 11.6. The van der Waals surface area contributed by atoms with E-state index in [1.54, 1.807) is 0 Å². The molecule has 0 unspecified atom stereocenters. The van der Waals surface area contributed by atoms with Crippen LogP contribution in [0.25, 0.3) is 10.9 Å². The Morgan fingerprint density at radius 3 is 2.54 bits per heavy atom. The minimum Gasteiger partial charge on any atom is -0.464 e. The number of H-pyrrole nitrogens is 1. The van der Waals surface area contributed by atoms with Gasteiger partial charge in [0.1, 0.15) is 5.69 Å². The summed E-state index contributed by atoms with van der Waals surface area (Å²) >= 11 is 0. The lowest BCUT2D eigenvalue weighted by Gasteiger charge is -2.33. The maximum Gasteiger partial charge on any atom is 0.356 e. The van der Waals surface area contributed by atoms with E-state index >= 15 is 0 Å². The summed E-state index contributed by atoms with van der Waals surface area (Å²) in [5.41, 5.74) is 4.01. The number of carbonyl (C=O) groups excluding carboxylic acids is 1. The first-order chi connectivity index (χ1) is 13.7. The number of rotatable bonds is 4. The van der Waals surface area contributed by atoms with Crippen LogP contribution in [0.3, 0.4) is 0 Å². The SMILES string of the molecule is COC(=O)c1[nH]c2ccc(C)cc2c1N=NN1CCN(c2ccccc2)CC1.